The maximum atomic E-state index is 11.3. The fourth-order valence-electron chi connectivity index (χ4n) is 3.17. The molecule has 0 radical (unpaired) electrons. The fourth-order valence-corrected chi connectivity index (χ4v) is 4.31. The molecule has 3 N–H and O–H groups in total. The second-order valence-corrected chi connectivity index (χ2v) is 6.73. The molecule has 0 saturated heterocycles. The number of anilines is 1. The second-order valence-electron chi connectivity index (χ2n) is 5.59. The van der Waals surface area contributed by atoms with Gasteiger partial charge in [0.05, 0.1) is 9.80 Å². The summed E-state index contributed by atoms with van der Waals surface area (Å²) in [6.07, 6.45) is 4.49. The molecule has 2 aromatic heterocycles. The summed E-state index contributed by atoms with van der Waals surface area (Å²) in [5, 5.41) is 20.8. The van der Waals surface area contributed by atoms with Gasteiger partial charge in [0.25, 0.3) is 11.5 Å². The molecule has 0 amide bonds. The number of pyridine rings is 1. The van der Waals surface area contributed by atoms with Gasteiger partial charge in [-0.25, -0.2) is 4.98 Å². The number of hydrogen-bond acceptors (Lipinski definition) is 5. The Labute approximate surface area is 137 Å². The van der Waals surface area contributed by atoms with E-state index in [1.54, 1.807) is 6.07 Å². The number of nitro groups is 1. The second kappa shape index (κ2) is 5.97. The average molecular weight is 329 g/mol. The lowest BCUT2D eigenvalue weighted by Crippen LogP contribution is -2.24. The third-order valence-electron chi connectivity index (χ3n) is 4.24. The van der Waals surface area contributed by atoms with E-state index in [-0.39, 0.29) is 10.6 Å². The number of rotatable bonds is 3. The first-order chi connectivity index (χ1) is 11.1. The van der Waals surface area contributed by atoms with Crippen molar-refractivity contribution >= 4 is 22.8 Å². The number of aryl methyl sites for hydroxylation is 2. The van der Waals surface area contributed by atoms with E-state index in [1.165, 1.54) is 11.3 Å². The van der Waals surface area contributed by atoms with Gasteiger partial charge in [-0.05, 0) is 25.7 Å². The molecule has 6 nitrogen and oxygen atoms in total. The molecule has 23 heavy (non-hydrogen) atoms. The van der Waals surface area contributed by atoms with Crippen molar-refractivity contribution in [2.45, 2.75) is 39.0 Å². The standard InChI is InChI=1S/C16H16N4O2S/c1-2-13-12(20(21)22)7-14(23-13)15-9-5-3-4-6-11(9)19-16(18)10(15)8-17/h7H,2-6H2,1H3,(H2,18,19)/p+1. The number of thiophene rings is 1. The SMILES string of the molecule is CCc1sc(-c2c(C#N)c(N)[nH+]c3c2CCCC3)cc1[N+](=O)[O-]. The van der Waals surface area contributed by atoms with Crippen LogP contribution in [0.15, 0.2) is 6.07 Å². The Morgan fingerprint density at radius 2 is 2.22 bits per heavy atom. The number of H-pyrrole nitrogens is 1. The molecule has 7 heteroatoms. The molecule has 2 aromatic rings. The molecule has 0 aliphatic heterocycles. The van der Waals surface area contributed by atoms with Gasteiger partial charge in [-0.1, -0.05) is 6.92 Å². The van der Waals surface area contributed by atoms with Crippen LogP contribution in [0.1, 0.15) is 41.5 Å². The van der Waals surface area contributed by atoms with Crippen LogP contribution in [0.25, 0.3) is 10.4 Å². The van der Waals surface area contributed by atoms with Crippen molar-refractivity contribution in [3.05, 3.63) is 37.9 Å². The van der Waals surface area contributed by atoms with Gasteiger partial charge in [0, 0.05) is 28.5 Å². The normalized spacial score (nSPS) is 13.4. The maximum absolute atomic E-state index is 11.3. The third kappa shape index (κ3) is 2.55. The van der Waals surface area contributed by atoms with Crippen LogP contribution in [-0.2, 0) is 19.3 Å². The molecule has 0 saturated carbocycles. The topological polar surface area (TPSA) is 107 Å². The van der Waals surface area contributed by atoms with Crippen LogP contribution >= 0.6 is 11.3 Å². The van der Waals surface area contributed by atoms with Gasteiger partial charge in [0.1, 0.15) is 17.3 Å². The summed E-state index contributed by atoms with van der Waals surface area (Å²) < 4.78 is 0. The van der Waals surface area contributed by atoms with Crippen LogP contribution in [0, 0.1) is 21.4 Å². The molecular formula is C16H17N4O2S+. The molecule has 0 aromatic carbocycles. The summed E-state index contributed by atoms with van der Waals surface area (Å²) in [5.41, 5.74) is 9.47. The first-order valence-corrected chi connectivity index (χ1v) is 8.42. The van der Waals surface area contributed by atoms with E-state index in [9.17, 15) is 15.4 Å². The van der Waals surface area contributed by atoms with Gasteiger partial charge >= 0.3 is 0 Å². The van der Waals surface area contributed by atoms with Crippen LogP contribution in [0.4, 0.5) is 11.5 Å². The Hall–Kier alpha value is -2.46. The first kappa shape index (κ1) is 15.4. The van der Waals surface area contributed by atoms with E-state index in [2.05, 4.69) is 11.1 Å². The highest BCUT2D eigenvalue weighted by atomic mass is 32.1. The predicted octanol–water partition coefficient (Wildman–Crippen LogP) is 3.03. The summed E-state index contributed by atoms with van der Waals surface area (Å²) >= 11 is 1.39. The molecule has 0 bridgehead atoms. The third-order valence-corrected chi connectivity index (χ3v) is 5.52. The Kier molecular flexibility index (Phi) is 4.01. The lowest BCUT2D eigenvalue weighted by Gasteiger charge is -2.17. The zero-order valence-corrected chi connectivity index (χ0v) is 13.6. The maximum Gasteiger partial charge on any atom is 0.289 e. The van der Waals surface area contributed by atoms with Crippen molar-refractivity contribution in [1.29, 1.82) is 5.26 Å². The largest absolute Gasteiger partial charge is 0.289 e. The molecule has 3 rings (SSSR count). The minimum atomic E-state index is -0.351. The molecule has 0 unspecified atom stereocenters. The first-order valence-electron chi connectivity index (χ1n) is 7.60. The zero-order chi connectivity index (χ0) is 16.6. The molecule has 118 valence electrons. The van der Waals surface area contributed by atoms with Crippen LogP contribution in [0.3, 0.4) is 0 Å². The van der Waals surface area contributed by atoms with Gasteiger partial charge < -0.3 is 0 Å². The Morgan fingerprint density at radius 1 is 1.48 bits per heavy atom. The highest BCUT2D eigenvalue weighted by Gasteiger charge is 2.28. The van der Waals surface area contributed by atoms with E-state index in [1.807, 2.05) is 6.92 Å². The average Bonchev–Trinajstić information content (AvgIpc) is 2.97. The molecular weight excluding hydrogens is 312 g/mol. The number of hydrogen-bond donors (Lipinski definition) is 1. The van der Waals surface area contributed by atoms with Crippen molar-refractivity contribution < 1.29 is 9.91 Å². The van der Waals surface area contributed by atoms with Gasteiger partial charge in [-0.3, -0.25) is 15.8 Å². The van der Waals surface area contributed by atoms with Crippen LogP contribution in [-0.4, -0.2) is 4.92 Å². The summed E-state index contributed by atoms with van der Waals surface area (Å²) in [6.45, 7) is 1.90. The van der Waals surface area contributed by atoms with Gasteiger partial charge in [-0.2, -0.15) is 5.26 Å². The molecule has 0 spiro atoms. The monoisotopic (exact) mass is 329 g/mol. The molecule has 2 heterocycles. The van der Waals surface area contributed by atoms with E-state index in [4.69, 9.17) is 5.73 Å². The lowest BCUT2D eigenvalue weighted by molar-refractivity contribution is -0.385. The van der Waals surface area contributed by atoms with Gasteiger partial charge in [0.15, 0.2) is 0 Å². The van der Waals surface area contributed by atoms with E-state index in [0.29, 0.717) is 17.8 Å². The number of nitrogens with zero attached hydrogens (tertiary/aromatic N) is 2. The van der Waals surface area contributed by atoms with Crippen molar-refractivity contribution in [3.63, 3.8) is 0 Å². The number of nitrogen functional groups attached to an aromatic ring is 1. The summed E-state index contributed by atoms with van der Waals surface area (Å²) in [6, 6.07) is 3.76. The van der Waals surface area contributed by atoms with Gasteiger partial charge in [0.2, 0.25) is 0 Å². The van der Waals surface area contributed by atoms with E-state index < -0.39 is 0 Å². The predicted molar refractivity (Wildman–Crippen MR) is 88.1 cm³/mol. The van der Waals surface area contributed by atoms with Gasteiger partial charge in [-0.15, -0.1) is 11.3 Å². The summed E-state index contributed by atoms with van der Waals surface area (Å²) in [7, 11) is 0. The van der Waals surface area contributed by atoms with Crippen LogP contribution in [0.2, 0.25) is 0 Å². The number of nitrogens with one attached hydrogen (secondary N) is 1. The molecule has 1 aliphatic carbocycles. The number of fused-ring (bicyclic) bond motifs is 1. The van der Waals surface area contributed by atoms with E-state index >= 15 is 0 Å². The lowest BCUT2D eigenvalue weighted by atomic mass is 9.89. The molecule has 0 fully saturated rings. The smallest absolute Gasteiger partial charge is 0.286 e. The van der Waals surface area contributed by atoms with Crippen LogP contribution < -0.4 is 10.7 Å². The Bertz CT molecular complexity index is 836. The summed E-state index contributed by atoms with van der Waals surface area (Å²) in [4.78, 5) is 15.5. The summed E-state index contributed by atoms with van der Waals surface area (Å²) in [5.74, 6) is 0.345. The Morgan fingerprint density at radius 3 is 2.83 bits per heavy atom. The van der Waals surface area contributed by atoms with Crippen molar-refractivity contribution in [1.82, 2.24) is 0 Å². The van der Waals surface area contributed by atoms with Crippen molar-refractivity contribution in [2.24, 2.45) is 0 Å². The minimum absolute atomic E-state index is 0.132. The number of nitrogens with two attached hydrogens (primary N) is 1. The zero-order valence-electron chi connectivity index (χ0n) is 12.8. The number of nitriles is 1. The van der Waals surface area contributed by atoms with Crippen molar-refractivity contribution in [3.8, 4) is 16.5 Å². The van der Waals surface area contributed by atoms with E-state index in [0.717, 1.165) is 52.3 Å². The Balaban J connectivity index is 2.29. The quantitative estimate of drug-likeness (QED) is 0.689. The minimum Gasteiger partial charge on any atom is -0.286 e. The molecule has 1 aliphatic rings. The van der Waals surface area contributed by atoms with Crippen LogP contribution in [0.5, 0.6) is 0 Å². The number of aromatic amines is 1. The highest BCUT2D eigenvalue weighted by Crippen LogP contribution is 2.41. The van der Waals surface area contributed by atoms with Crippen molar-refractivity contribution in [2.75, 3.05) is 5.73 Å². The molecule has 0 atom stereocenters. The fraction of sp³-hybridized carbons (Fsp3) is 0.375. The highest BCUT2D eigenvalue weighted by molar-refractivity contribution is 7.16. The number of aromatic nitrogens is 1.